The summed E-state index contributed by atoms with van der Waals surface area (Å²) >= 11 is 0. The second-order valence-corrected chi connectivity index (χ2v) is 7.93. The number of likely N-dealkylation sites (tertiary alicyclic amines) is 1. The molecular formula is C21H24N4O. The molecule has 1 aliphatic carbocycles. The highest BCUT2D eigenvalue weighted by Gasteiger charge is 2.42. The highest BCUT2D eigenvalue weighted by atomic mass is 16.2. The molecule has 2 atom stereocenters. The van der Waals surface area contributed by atoms with Crippen molar-refractivity contribution >= 4 is 11.9 Å². The van der Waals surface area contributed by atoms with Crippen LogP contribution in [0.5, 0.6) is 0 Å². The van der Waals surface area contributed by atoms with Gasteiger partial charge in [-0.15, -0.1) is 0 Å². The third kappa shape index (κ3) is 2.57. The van der Waals surface area contributed by atoms with Crippen molar-refractivity contribution in [2.24, 2.45) is 11.8 Å². The van der Waals surface area contributed by atoms with Crippen LogP contribution in [0.2, 0.25) is 0 Å². The summed E-state index contributed by atoms with van der Waals surface area (Å²) in [7, 11) is 0. The first-order valence-corrected chi connectivity index (χ1v) is 9.63. The van der Waals surface area contributed by atoms with Gasteiger partial charge in [0.25, 0.3) is 5.91 Å². The molecule has 0 saturated carbocycles. The van der Waals surface area contributed by atoms with Crippen molar-refractivity contribution in [1.29, 1.82) is 0 Å². The summed E-state index contributed by atoms with van der Waals surface area (Å²) in [6.45, 7) is 5.61. The fourth-order valence-corrected chi connectivity index (χ4v) is 4.90. The van der Waals surface area contributed by atoms with Crippen LogP contribution in [0, 0.1) is 18.8 Å². The largest absolute Gasteiger partial charge is 0.340 e. The molecule has 5 nitrogen and oxygen atoms in total. The number of anilines is 1. The van der Waals surface area contributed by atoms with Crippen molar-refractivity contribution in [3.8, 4) is 0 Å². The number of rotatable bonds is 2. The predicted octanol–water partition coefficient (Wildman–Crippen LogP) is 2.48. The van der Waals surface area contributed by atoms with Gasteiger partial charge in [-0.05, 0) is 49.4 Å². The summed E-state index contributed by atoms with van der Waals surface area (Å²) in [4.78, 5) is 26.5. The maximum atomic E-state index is 13.1. The quantitative estimate of drug-likeness (QED) is 0.837. The van der Waals surface area contributed by atoms with E-state index in [1.54, 1.807) is 0 Å². The molecule has 1 aromatic heterocycles. The minimum atomic E-state index is 0.233. The smallest absolute Gasteiger partial charge is 0.254 e. The Labute approximate surface area is 154 Å². The summed E-state index contributed by atoms with van der Waals surface area (Å²) in [6, 6.07) is 8.18. The predicted molar refractivity (Wildman–Crippen MR) is 100 cm³/mol. The van der Waals surface area contributed by atoms with Crippen molar-refractivity contribution in [1.82, 2.24) is 14.9 Å². The Bertz CT molecular complexity index is 851. The summed E-state index contributed by atoms with van der Waals surface area (Å²) in [6.07, 6.45) is 5.18. The second-order valence-electron chi connectivity index (χ2n) is 7.93. The van der Waals surface area contributed by atoms with Gasteiger partial charge >= 0.3 is 0 Å². The molecule has 1 aromatic carbocycles. The average Bonchev–Trinajstić information content (AvgIpc) is 3.34. The van der Waals surface area contributed by atoms with Crippen LogP contribution >= 0.6 is 0 Å². The van der Waals surface area contributed by atoms with Crippen LogP contribution in [-0.4, -0.2) is 47.0 Å². The normalized spacial score (nSPS) is 24.0. The zero-order chi connectivity index (χ0) is 17.7. The second kappa shape index (κ2) is 6.08. The van der Waals surface area contributed by atoms with E-state index in [9.17, 15) is 4.79 Å². The zero-order valence-electron chi connectivity index (χ0n) is 15.2. The lowest BCUT2D eigenvalue weighted by Gasteiger charge is -2.22. The number of carbonyl (C=O) groups excluding carboxylic acids is 1. The lowest BCUT2D eigenvalue weighted by Crippen LogP contribution is -2.34. The van der Waals surface area contributed by atoms with Gasteiger partial charge in [0, 0.05) is 55.5 Å². The Balaban J connectivity index is 1.30. The number of carbonyl (C=O) groups is 1. The Hall–Kier alpha value is -2.43. The monoisotopic (exact) mass is 348 g/mol. The number of fused-ring (bicyclic) bond motifs is 2. The fourth-order valence-electron chi connectivity index (χ4n) is 4.90. The summed E-state index contributed by atoms with van der Waals surface area (Å²) in [5.74, 6) is 2.12. The van der Waals surface area contributed by atoms with Crippen LogP contribution in [0.3, 0.4) is 0 Å². The number of benzene rings is 1. The van der Waals surface area contributed by atoms with E-state index in [1.807, 2.05) is 31.3 Å². The summed E-state index contributed by atoms with van der Waals surface area (Å²) in [5, 5.41) is 0. The van der Waals surface area contributed by atoms with Crippen molar-refractivity contribution in [3.63, 3.8) is 0 Å². The van der Waals surface area contributed by atoms with Gasteiger partial charge in [-0.2, -0.15) is 0 Å². The number of aryl methyl sites for hydroxylation is 2. The van der Waals surface area contributed by atoms with Gasteiger partial charge in [0.15, 0.2) is 0 Å². The van der Waals surface area contributed by atoms with Crippen LogP contribution in [0.15, 0.2) is 30.5 Å². The van der Waals surface area contributed by atoms with Gasteiger partial charge in [-0.3, -0.25) is 4.79 Å². The molecule has 2 aliphatic heterocycles. The molecule has 2 fully saturated rings. The molecule has 134 valence electrons. The topological polar surface area (TPSA) is 49.3 Å². The fraction of sp³-hybridized carbons (Fsp3) is 0.476. The first-order chi connectivity index (χ1) is 12.7. The number of nitrogens with zero attached hydrogens (tertiary/aromatic N) is 4. The van der Waals surface area contributed by atoms with Gasteiger partial charge in [-0.25, -0.2) is 9.97 Å². The van der Waals surface area contributed by atoms with E-state index in [0.29, 0.717) is 11.8 Å². The molecule has 0 radical (unpaired) electrons. The van der Waals surface area contributed by atoms with Crippen molar-refractivity contribution in [2.75, 3.05) is 31.1 Å². The molecule has 26 heavy (non-hydrogen) atoms. The van der Waals surface area contributed by atoms with E-state index in [0.717, 1.165) is 56.2 Å². The minimum absolute atomic E-state index is 0.233. The van der Waals surface area contributed by atoms with E-state index < -0.39 is 0 Å². The molecule has 0 bridgehead atoms. The van der Waals surface area contributed by atoms with Gasteiger partial charge < -0.3 is 9.80 Å². The van der Waals surface area contributed by atoms with E-state index in [1.165, 1.54) is 17.5 Å². The van der Waals surface area contributed by atoms with Crippen molar-refractivity contribution in [3.05, 3.63) is 52.8 Å². The zero-order valence-corrected chi connectivity index (χ0v) is 15.2. The molecule has 2 aromatic rings. The molecular weight excluding hydrogens is 324 g/mol. The van der Waals surface area contributed by atoms with Crippen molar-refractivity contribution < 1.29 is 4.79 Å². The Kier molecular flexibility index (Phi) is 3.69. The SMILES string of the molecule is Cc1ccnc(N2C[C@H]3CN(C(=O)c4cccc5c4CCC5)C[C@H]3C2)n1. The number of amides is 1. The first-order valence-electron chi connectivity index (χ1n) is 9.63. The van der Waals surface area contributed by atoms with Crippen LogP contribution in [0.25, 0.3) is 0 Å². The third-order valence-electron chi connectivity index (χ3n) is 6.21. The van der Waals surface area contributed by atoms with Crippen LogP contribution in [0.1, 0.15) is 33.6 Å². The Morgan fingerprint density at radius 3 is 2.65 bits per heavy atom. The van der Waals surface area contributed by atoms with Gasteiger partial charge in [0.1, 0.15) is 0 Å². The average molecular weight is 348 g/mol. The van der Waals surface area contributed by atoms with Crippen LogP contribution < -0.4 is 4.90 Å². The maximum absolute atomic E-state index is 13.1. The molecule has 0 spiro atoms. The van der Waals surface area contributed by atoms with Gasteiger partial charge in [0.2, 0.25) is 5.95 Å². The van der Waals surface area contributed by atoms with Gasteiger partial charge in [-0.1, -0.05) is 12.1 Å². The number of hydrogen-bond acceptors (Lipinski definition) is 4. The molecule has 1 amide bonds. The Morgan fingerprint density at radius 1 is 1.08 bits per heavy atom. The summed E-state index contributed by atoms with van der Waals surface area (Å²) < 4.78 is 0. The lowest BCUT2D eigenvalue weighted by molar-refractivity contribution is 0.0781. The molecule has 0 N–H and O–H groups in total. The molecule has 5 rings (SSSR count). The molecule has 3 aliphatic rings. The standard InChI is InChI=1S/C21H24N4O/c1-14-8-9-22-21(23-14)25-12-16-10-24(11-17(16)13-25)20(26)19-7-3-5-15-4-2-6-18(15)19/h3,5,7-9,16-17H,2,4,6,10-13H2,1H3/t16-,17+. The van der Waals surface area contributed by atoms with Crippen LogP contribution in [-0.2, 0) is 12.8 Å². The third-order valence-corrected chi connectivity index (χ3v) is 6.21. The van der Waals surface area contributed by atoms with Gasteiger partial charge in [0.05, 0.1) is 0 Å². The lowest BCUT2D eigenvalue weighted by atomic mass is 10.0. The van der Waals surface area contributed by atoms with E-state index in [2.05, 4.69) is 25.8 Å². The van der Waals surface area contributed by atoms with E-state index >= 15 is 0 Å². The maximum Gasteiger partial charge on any atom is 0.254 e. The molecule has 5 heteroatoms. The molecule has 2 saturated heterocycles. The highest BCUT2D eigenvalue weighted by Crippen LogP contribution is 2.34. The van der Waals surface area contributed by atoms with E-state index in [4.69, 9.17) is 0 Å². The number of hydrogen-bond donors (Lipinski definition) is 0. The molecule has 0 unspecified atom stereocenters. The molecule has 3 heterocycles. The van der Waals surface area contributed by atoms with Crippen molar-refractivity contribution in [2.45, 2.75) is 26.2 Å². The van der Waals surface area contributed by atoms with Crippen LogP contribution in [0.4, 0.5) is 5.95 Å². The number of aromatic nitrogens is 2. The Morgan fingerprint density at radius 2 is 1.88 bits per heavy atom. The summed E-state index contributed by atoms with van der Waals surface area (Å²) in [5.41, 5.74) is 4.61. The highest BCUT2D eigenvalue weighted by molar-refractivity contribution is 5.96. The first kappa shape index (κ1) is 15.8. The minimum Gasteiger partial charge on any atom is -0.340 e. The van der Waals surface area contributed by atoms with E-state index in [-0.39, 0.29) is 5.91 Å².